The molecular weight excluding hydrogens is 418 g/mol. The smallest absolute Gasteiger partial charge is 0.258 e. The molecular formula is C24H24ClNO5. The second-order valence-corrected chi connectivity index (χ2v) is 8.09. The molecule has 0 saturated heterocycles. The van der Waals surface area contributed by atoms with Crippen molar-refractivity contribution in [3.63, 3.8) is 0 Å². The minimum atomic E-state index is -0.375. The quantitative estimate of drug-likeness (QED) is 0.585. The Hall–Kier alpha value is -2.99. The highest BCUT2D eigenvalue weighted by Crippen LogP contribution is 2.32. The Morgan fingerprint density at radius 2 is 1.87 bits per heavy atom. The van der Waals surface area contributed by atoms with Gasteiger partial charge in [-0.15, -0.1) is 0 Å². The number of ether oxygens (including phenoxy) is 2. The number of carbonyl (C=O) groups excluding carboxylic acids is 1. The molecule has 0 aliphatic heterocycles. The van der Waals surface area contributed by atoms with Gasteiger partial charge >= 0.3 is 0 Å². The highest BCUT2D eigenvalue weighted by atomic mass is 35.5. The molecule has 1 heterocycles. The standard InChI is InChI=1S/C24H24ClNO5/c1-29-18-10-7-15(8-11-18)23-24(22(28)19-13-16(25)9-12-20(19)31-23)30-14-21(27)26-17-5-3-2-4-6-17/h7-13,17H,2-6,14H2,1H3,(H,26,27). The zero-order chi connectivity index (χ0) is 21.8. The van der Waals surface area contributed by atoms with Crippen LogP contribution in [0.4, 0.5) is 0 Å². The van der Waals surface area contributed by atoms with Crippen molar-refractivity contribution in [3.05, 3.63) is 57.7 Å². The average Bonchev–Trinajstić information content (AvgIpc) is 2.79. The van der Waals surface area contributed by atoms with Gasteiger partial charge in [0.1, 0.15) is 11.3 Å². The summed E-state index contributed by atoms with van der Waals surface area (Å²) in [5.74, 6) is 0.665. The van der Waals surface area contributed by atoms with Crippen LogP contribution in [0.2, 0.25) is 5.02 Å². The van der Waals surface area contributed by atoms with Crippen LogP contribution in [0, 0.1) is 0 Å². The van der Waals surface area contributed by atoms with Crippen molar-refractivity contribution in [2.45, 2.75) is 38.1 Å². The van der Waals surface area contributed by atoms with Gasteiger partial charge in [0.2, 0.25) is 11.2 Å². The van der Waals surface area contributed by atoms with E-state index < -0.39 is 0 Å². The van der Waals surface area contributed by atoms with E-state index in [1.54, 1.807) is 43.5 Å². The summed E-state index contributed by atoms with van der Waals surface area (Å²) in [5.41, 5.74) is 0.650. The molecule has 1 N–H and O–H groups in total. The number of hydrogen-bond donors (Lipinski definition) is 1. The molecule has 1 aliphatic rings. The van der Waals surface area contributed by atoms with Crippen LogP contribution < -0.4 is 20.2 Å². The van der Waals surface area contributed by atoms with E-state index >= 15 is 0 Å². The first-order chi connectivity index (χ1) is 15.0. The molecule has 0 radical (unpaired) electrons. The second-order valence-electron chi connectivity index (χ2n) is 7.65. The van der Waals surface area contributed by atoms with E-state index in [1.807, 2.05) is 0 Å². The minimum absolute atomic E-state index is 0.0151. The number of carbonyl (C=O) groups is 1. The fourth-order valence-corrected chi connectivity index (χ4v) is 4.04. The first-order valence-corrected chi connectivity index (χ1v) is 10.8. The molecule has 1 aromatic heterocycles. The molecule has 1 aliphatic carbocycles. The molecule has 0 atom stereocenters. The Bertz CT molecular complexity index is 1130. The third kappa shape index (κ3) is 4.85. The maximum atomic E-state index is 13.2. The Morgan fingerprint density at radius 1 is 1.13 bits per heavy atom. The SMILES string of the molecule is COc1ccc(-c2oc3ccc(Cl)cc3c(=O)c2OCC(=O)NC2CCCCC2)cc1. The molecule has 4 rings (SSSR count). The van der Waals surface area contributed by atoms with Crippen LogP contribution in [-0.4, -0.2) is 25.7 Å². The largest absolute Gasteiger partial charge is 0.497 e. The number of hydrogen-bond acceptors (Lipinski definition) is 5. The number of amides is 1. The fourth-order valence-electron chi connectivity index (χ4n) is 3.87. The highest BCUT2D eigenvalue weighted by molar-refractivity contribution is 6.31. The molecule has 1 fully saturated rings. The van der Waals surface area contributed by atoms with Crippen molar-refractivity contribution in [1.29, 1.82) is 0 Å². The van der Waals surface area contributed by atoms with Crippen LogP contribution in [0.15, 0.2) is 51.7 Å². The van der Waals surface area contributed by atoms with Crippen LogP contribution in [0.25, 0.3) is 22.3 Å². The Kier molecular flexibility index (Phi) is 6.47. The van der Waals surface area contributed by atoms with Crippen LogP contribution in [0.3, 0.4) is 0 Å². The highest BCUT2D eigenvalue weighted by Gasteiger charge is 2.21. The lowest BCUT2D eigenvalue weighted by molar-refractivity contribution is -0.124. The molecule has 0 spiro atoms. The molecule has 1 saturated carbocycles. The van der Waals surface area contributed by atoms with E-state index in [9.17, 15) is 9.59 Å². The van der Waals surface area contributed by atoms with Gasteiger partial charge in [-0.05, 0) is 55.3 Å². The monoisotopic (exact) mass is 441 g/mol. The zero-order valence-corrected chi connectivity index (χ0v) is 18.0. The first-order valence-electron chi connectivity index (χ1n) is 10.4. The van der Waals surface area contributed by atoms with E-state index in [0.717, 1.165) is 25.7 Å². The lowest BCUT2D eigenvalue weighted by atomic mass is 9.95. The summed E-state index contributed by atoms with van der Waals surface area (Å²) in [6, 6.07) is 12.1. The number of benzene rings is 2. The van der Waals surface area contributed by atoms with Gasteiger partial charge < -0.3 is 19.2 Å². The summed E-state index contributed by atoms with van der Waals surface area (Å²) in [4.78, 5) is 25.6. The normalized spacial score (nSPS) is 14.4. The third-order valence-electron chi connectivity index (χ3n) is 5.48. The minimum Gasteiger partial charge on any atom is -0.497 e. The van der Waals surface area contributed by atoms with Crippen LogP contribution in [0.1, 0.15) is 32.1 Å². The maximum Gasteiger partial charge on any atom is 0.258 e. The van der Waals surface area contributed by atoms with E-state index in [4.69, 9.17) is 25.5 Å². The average molecular weight is 442 g/mol. The maximum absolute atomic E-state index is 13.2. The van der Waals surface area contributed by atoms with Gasteiger partial charge in [-0.1, -0.05) is 30.9 Å². The first kappa shape index (κ1) is 21.2. The van der Waals surface area contributed by atoms with E-state index in [2.05, 4.69) is 5.32 Å². The van der Waals surface area contributed by atoms with Gasteiger partial charge in [0.05, 0.1) is 12.5 Å². The van der Waals surface area contributed by atoms with Crippen molar-refractivity contribution in [2.24, 2.45) is 0 Å². The summed E-state index contributed by atoms with van der Waals surface area (Å²) < 4.78 is 17.0. The van der Waals surface area contributed by atoms with Gasteiger partial charge in [-0.25, -0.2) is 0 Å². The van der Waals surface area contributed by atoms with Crippen molar-refractivity contribution < 1.29 is 18.7 Å². The van der Waals surface area contributed by atoms with Crippen LogP contribution >= 0.6 is 11.6 Å². The summed E-state index contributed by atoms with van der Waals surface area (Å²) in [6.07, 6.45) is 5.37. The molecule has 1 amide bonds. The number of halogens is 1. The predicted molar refractivity (Wildman–Crippen MR) is 120 cm³/mol. The second kappa shape index (κ2) is 9.43. The molecule has 6 nitrogen and oxygen atoms in total. The van der Waals surface area contributed by atoms with Gasteiger partial charge in [-0.2, -0.15) is 0 Å². The van der Waals surface area contributed by atoms with Crippen LogP contribution in [0.5, 0.6) is 11.5 Å². The summed E-state index contributed by atoms with van der Waals surface area (Å²) >= 11 is 6.07. The van der Waals surface area contributed by atoms with E-state index in [0.29, 0.717) is 27.3 Å². The summed E-state index contributed by atoms with van der Waals surface area (Å²) in [5, 5.41) is 3.71. The Labute approximate surface area is 185 Å². The van der Waals surface area contributed by atoms with E-state index in [-0.39, 0.29) is 35.5 Å². The fraction of sp³-hybridized carbons (Fsp3) is 0.333. The molecule has 31 heavy (non-hydrogen) atoms. The lowest BCUT2D eigenvalue weighted by Gasteiger charge is -2.22. The van der Waals surface area contributed by atoms with Crippen molar-refractivity contribution in [3.8, 4) is 22.8 Å². The number of methoxy groups -OCH3 is 1. The summed E-state index contributed by atoms with van der Waals surface area (Å²) in [7, 11) is 1.58. The topological polar surface area (TPSA) is 77.8 Å². The van der Waals surface area contributed by atoms with Crippen molar-refractivity contribution >= 4 is 28.5 Å². The molecule has 7 heteroatoms. The molecule has 0 unspecified atom stereocenters. The molecule has 3 aromatic rings. The Balaban J connectivity index is 1.66. The summed E-state index contributed by atoms with van der Waals surface area (Å²) in [6.45, 7) is -0.267. The molecule has 162 valence electrons. The number of fused-ring (bicyclic) bond motifs is 1. The van der Waals surface area contributed by atoms with Gasteiger partial charge in [-0.3, -0.25) is 9.59 Å². The lowest BCUT2D eigenvalue weighted by Crippen LogP contribution is -2.39. The molecule has 2 aromatic carbocycles. The zero-order valence-electron chi connectivity index (χ0n) is 17.3. The van der Waals surface area contributed by atoms with E-state index in [1.165, 1.54) is 12.5 Å². The van der Waals surface area contributed by atoms with Gasteiger partial charge in [0.25, 0.3) is 5.91 Å². The predicted octanol–water partition coefficient (Wildman–Crippen LogP) is 4.95. The third-order valence-corrected chi connectivity index (χ3v) is 5.72. The van der Waals surface area contributed by atoms with Gasteiger partial charge in [0, 0.05) is 16.6 Å². The van der Waals surface area contributed by atoms with Gasteiger partial charge in [0.15, 0.2) is 12.4 Å². The van der Waals surface area contributed by atoms with Crippen molar-refractivity contribution in [2.75, 3.05) is 13.7 Å². The van der Waals surface area contributed by atoms with Crippen molar-refractivity contribution in [1.82, 2.24) is 5.32 Å². The van der Waals surface area contributed by atoms with Crippen LogP contribution in [-0.2, 0) is 4.79 Å². The molecule has 0 bridgehead atoms. The number of nitrogens with one attached hydrogen (secondary N) is 1. The Morgan fingerprint density at radius 3 is 2.58 bits per heavy atom. The number of rotatable bonds is 6.